The van der Waals surface area contributed by atoms with Crippen molar-refractivity contribution in [3.8, 4) is 5.69 Å². The number of alkyl halides is 1. The van der Waals surface area contributed by atoms with E-state index in [1.807, 2.05) is 48.3 Å². The lowest BCUT2D eigenvalue weighted by Crippen LogP contribution is -2.06. The van der Waals surface area contributed by atoms with Gasteiger partial charge in [0, 0.05) is 11.5 Å². The largest absolute Gasteiger partial charge is 0.280 e. The van der Waals surface area contributed by atoms with Gasteiger partial charge in [0.05, 0.1) is 21.8 Å². The van der Waals surface area contributed by atoms with Gasteiger partial charge in [0.25, 0.3) is 0 Å². The van der Waals surface area contributed by atoms with Crippen molar-refractivity contribution < 1.29 is 0 Å². The van der Waals surface area contributed by atoms with Crippen LogP contribution in [0.15, 0.2) is 22.7 Å². The zero-order valence-electron chi connectivity index (χ0n) is 11.7. The molecule has 0 aliphatic heterocycles. The summed E-state index contributed by atoms with van der Waals surface area (Å²) in [5.41, 5.74) is 3.57. The quantitative estimate of drug-likeness (QED) is 0.593. The van der Waals surface area contributed by atoms with Gasteiger partial charge >= 0.3 is 0 Å². The Balaban J connectivity index is 2.38. The summed E-state index contributed by atoms with van der Waals surface area (Å²) in [6, 6.07) is 5.77. The molecule has 0 fully saturated rings. The van der Waals surface area contributed by atoms with E-state index in [1.54, 1.807) is 0 Å². The molecule has 0 bridgehead atoms. The molecule has 3 aromatic rings. The molecule has 0 radical (unpaired) electrons. The summed E-state index contributed by atoms with van der Waals surface area (Å²) in [6.45, 7) is 3.85. The molecule has 0 spiro atoms. The van der Waals surface area contributed by atoms with E-state index in [0.717, 1.165) is 32.8 Å². The Morgan fingerprint density at radius 2 is 2.05 bits per heavy atom. The molecule has 0 N–H and O–H groups in total. The molecule has 0 saturated carbocycles. The first-order valence-corrected chi connectivity index (χ1v) is 8.02. The second-order valence-electron chi connectivity index (χ2n) is 4.90. The highest BCUT2D eigenvalue weighted by Crippen LogP contribution is 2.32. The third-order valence-corrected chi connectivity index (χ3v) is 4.77. The van der Waals surface area contributed by atoms with E-state index in [2.05, 4.69) is 26.0 Å². The van der Waals surface area contributed by atoms with Crippen molar-refractivity contribution in [1.29, 1.82) is 0 Å². The Kier molecular flexibility index (Phi) is 3.76. The Hall–Kier alpha value is -1.04. The fourth-order valence-corrected chi connectivity index (χ4v) is 3.00. The summed E-state index contributed by atoms with van der Waals surface area (Å²) >= 11 is 15.9. The number of fused-ring (bicyclic) bond motifs is 1. The fourth-order valence-electron chi connectivity index (χ4n) is 2.43. The number of hydrogen-bond acceptors (Lipinski definition) is 2. The number of benzene rings is 1. The zero-order valence-corrected chi connectivity index (χ0v) is 14.8. The van der Waals surface area contributed by atoms with E-state index in [-0.39, 0.29) is 5.38 Å². The number of aryl methyl sites for hydroxylation is 2. The van der Waals surface area contributed by atoms with Gasteiger partial charge in [-0.25, -0.2) is 9.67 Å². The van der Waals surface area contributed by atoms with Crippen LogP contribution < -0.4 is 0 Å². The number of nitrogens with zero attached hydrogens (tertiary/aromatic N) is 4. The van der Waals surface area contributed by atoms with E-state index in [4.69, 9.17) is 23.2 Å². The van der Waals surface area contributed by atoms with Crippen molar-refractivity contribution in [2.24, 2.45) is 7.05 Å². The van der Waals surface area contributed by atoms with Crippen LogP contribution in [0.4, 0.5) is 0 Å². The van der Waals surface area contributed by atoms with Gasteiger partial charge in [0.1, 0.15) is 11.3 Å². The van der Waals surface area contributed by atoms with E-state index >= 15 is 0 Å². The molecule has 1 aromatic carbocycles. The van der Waals surface area contributed by atoms with Crippen LogP contribution >= 0.6 is 39.1 Å². The van der Waals surface area contributed by atoms with Crippen molar-refractivity contribution >= 4 is 50.3 Å². The van der Waals surface area contributed by atoms with Gasteiger partial charge in [0.15, 0.2) is 5.65 Å². The van der Waals surface area contributed by atoms with Crippen LogP contribution in [0.5, 0.6) is 0 Å². The number of imidazole rings is 1. The van der Waals surface area contributed by atoms with Crippen molar-refractivity contribution in [3.63, 3.8) is 0 Å². The first-order valence-electron chi connectivity index (χ1n) is 6.41. The van der Waals surface area contributed by atoms with E-state index in [0.29, 0.717) is 5.02 Å². The molecule has 0 amide bonds. The molecule has 0 saturated heterocycles. The molecule has 2 heterocycles. The maximum Gasteiger partial charge on any atom is 0.163 e. The van der Waals surface area contributed by atoms with Gasteiger partial charge in [-0.15, -0.1) is 11.6 Å². The molecule has 0 aliphatic carbocycles. The van der Waals surface area contributed by atoms with Crippen LogP contribution in [0.3, 0.4) is 0 Å². The first-order chi connectivity index (χ1) is 9.90. The maximum absolute atomic E-state index is 6.31. The van der Waals surface area contributed by atoms with Crippen LogP contribution in [-0.4, -0.2) is 19.3 Å². The summed E-state index contributed by atoms with van der Waals surface area (Å²) in [5, 5.41) is 4.84. The Morgan fingerprint density at radius 1 is 1.33 bits per heavy atom. The fraction of sp³-hybridized carbons (Fsp3) is 0.286. The SMILES string of the molecule is Cc1nn(C)c2c1nc(C(C)Cl)n2-c1ccc(Br)c(Cl)c1. The number of rotatable bonds is 2. The molecular formula is C14H13BrCl2N4. The third-order valence-electron chi connectivity index (χ3n) is 3.35. The lowest BCUT2D eigenvalue weighted by Gasteiger charge is -2.12. The highest BCUT2D eigenvalue weighted by Gasteiger charge is 2.21. The van der Waals surface area contributed by atoms with Crippen LogP contribution in [0.2, 0.25) is 5.02 Å². The number of aromatic nitrogens is 4. The summed E-state index contributed by atoms with van der Waals surface area (Å²) in [6.07, 6.45) is 0. The molecule has 110 valence electrons. The summed E-state index contributed by atoms with van der Waals surface area (Å²) < 4.78 is 4.67. The lowest BCUT2D eigenvalue weighted by atomic mass is 10.3. The van der Waals surface area contributed by atoms with Crippen LogP contribution in [0.25, 0.3) is 16.9 Å². The highest BCUT2D eigenvalue weighted by molar-refractivity contribution is 9.10. The van der Waals surface area contributed by atoms with Gasteiger partial charge in [-0.1, -0.05) is 11.6 Å². The average molecular weight is 388 g/mol. The maximum atomic E-state index is 6.31. The van der Waals surface area contributed by atoms with E-state index < -0.39 is 0 Å². The van der Waals surface area contributed by atoms with Crippen molar-refractivity contribution in [2.45, 2.75) is 19.2 Å². The van der Waals surface area contributed by atoms with Gasteiger partial charge in [-0.05, 0) is 48.0 Å². The summed E-state index contributed by atoms with van der Waals surface area (Å²) in [5.74, 6) is 0.779. The predicted octanol–water partition coefficient (Wildman–Crippen LogP) is 4.78. The zero-order chi connectivity index (χ0) is 15.3. The number of halogens is 3. The standard InChI is InChI=1S/C14H13BrCl2N4/c1-7(16)13-18-12-8(2)19-20(3)14(12)21(13)9-4-5-10(15)11(17)6-9/h4-7H,1-3H3. The molecule has 0 aliphatic rings. The molecule has 1 unspecified atom stereocenters. The Labute approximate surface area is 140 Å². The monoisotopic (exact) mass is 386 g/mol. The van der Waals surface area contributed by atoms with Gasteiger partial charge < -0.3 is 0 Å². The highest BCUT2D eigenvalue weighted by atomic mass is 79.9. The molecule has 1 atom stereocenters. The second-order valence-corrected chi connectivity index (χ2v) is 6.82. The summed E-state index contributed by atoms with van der Waals surface area (Å²) in [4.78, 5) is 4.65. The minimum atomic E-state index is -0.223. The van der Waals surface area contributed by atoms with Crippen molar-refractivity contribution in [2.75, 3.05) is 0 Å². The molecule has 3 rings (SSSR count). The Bertz CT molecular complexity index is 835. The van der Waals surface area contributed by atoms with Crippen LogP contribution in [-0.2, 0) is 7.05 Å². The van der Waals surface area contributed by atoms with Gasteiger partial charge in [-0.3, -0.25) is 4.57 Å². The van der Waals surface area contributed by atoms with Crippen LogP contribution in [0.1, 0.15) is 23.8 Å². The predicted molar refractivity (Wildman–Crippen MR) is 89.6 cm³/mol. The van der Waals surface area contributed by atoms with E-state index in [9.17, 15) is 0 Å². The lowest BCUT2D eigenvalue weighted by molar-refractivity contribution is 0.748. The molecule has 21 heavy (non-hydrogen) atoms. The smallest absolute Gasteiger partial charge is 0.163 e. The minimum absolute atomic E-state index is 0.223. The molecule has 2 aromatic heterocycles. The van der Waals surface area contributed by atoms with Crippen molar-refractivity contribution in [3.05, 3.63) is 39.2 Å². The van der Waals surface area contributed by atoms with E-state index in [1.165, 1.54) is 0 Å². The Morgan fingerprint density at radius 3 is 2.67 bits per heavy atom. The average Bonchev–Trinajstić information content (AvgIpc) is 2.93. The third kappa shape index (κ3) is 2.37. The minimum Gasteiger partial charge on any atom is -0.280 e. The van der Waals surface area contributed by atoms with Crippen LogP contribution in [0, 0.1) is 6.92 Å². The normalized spacial score (nSPS) is 13.0. The second kappa shape index (κ2) is 5.30. The van der Waals surface area contributed by atoms with Gasteiger partial charge in [0.2, 0.25) is 0 Å². The van der Waals surface area contributed by atoms with Gasteiger partial charge in [-0.2, -0.15) is 5.10 Å². The topological polar surface area (TPSA) is 35.6 Å². The summed E-state index contributed by atoms with van der Waals surface area (Å²) in [7, 11) is 1.90. The molecule has 7 heteroatoms. The number of hydrogen-bond donors (Lipinski definition) is 0. The van der Waals surface area contributed by atoms with Crippen molar-refractivity contribution in [1.82, 2.24) is 19.3 Å². The first kappa shape index (κ1) is 14.9. The molecule has 4 nitrogen and oxygen atoms in total. The molecular weight excluding hydrogens is 375 g/mol.